The molecule has 0 saturated carbocycles. The van der Waals surface area contributed by atoms with Crippen LogP contribution in [-0.2, 0) is 0 Å². The molecule has 19 heavy (non-hydrogen) atoms. The number of benzene rings is 2. The summed E-state index contributed by atoms with van der Waals surface area (Å²) < 4.78 is 0. The zero-order valence-electron chi connectivity index (χ0n) is 10.7. The van der Waals surface area contributed by atoms with Crippen LogP contribution in [0.15, 0.2) is 36.4 Å². The minimum atomic E-state index is -0.548. The first-order valence-corrected chi connectivity index (χ1v) is 5.84. The first-order valence-electron chi connectivity index (χ1n) is 5.84. The molecule has 0 spiro atoms. The number of nitro benzene ring substituents is 1. The smallest absolute Gasteiger partial charge is 0.279 e. The number of hydrogen-bond donors (Lipinski definition) is 0. The van der Waals surface area contributed by atoms with Gasteiger partial charge >= 0.3 is 0 Å². The van der Waals surface area contributed by atoms with E-state index in [4.69, 9.17) is 0 Å². The van der Waals surface area contributed by atoms with Crippen LogP contribution in [0.4, 0.5) is 5.69 Å². The van der Waals surface area contributed by atoms with Gasteiger partial charge in [0.15, 0.2) is 6.29 Å². The van der Waals surface area contributed by atoms with E-state index in [9.17, 15) is 14.9 Å². The fourth-order valence-corrected chi connectivity index (χ4v) is 1.92. The zero-order chi connectivity index (χ0) is 14.0. The molecule has 0 heterocycles. The number of nitro groups is 1. The maximum atomic E-state index is 10.9. The molecule has 0 bridgehead atoms. The lowest BCUT2D eigenvalue weighted by Gasteiger charge is -2.06. The van der Waals surface area contributed by atoms with E-state index < -0.39 is 4.92 Å². The van der Waals surface area contributed by atoms with Crippen LogP contribution >= 0.6 is 0 Å². The predicted molar refractivity (Wildman–Crippen MR) is 73.4 cm³/mol. The molecule has 0 aromatic heterocycles. The molecule has 4 heteroatoms. The topological polar surface area (TPSA) is 60.2 Å². The second-order valence-corrected chi connectivity index (χ2v) is 4.45. The van der Waals surface area contributed by atoms with Gasteiger partial charge in [-0.25, -0.2) is 0 Å². The van der Waals surface area contributed by atoms with Crippen LogP contribution in [-0.4, -0.2) is 11.2 Å². The number of carbonyl (C=O) groups is 1. The van der Waals surface area contributed by atoms with Gasteiger partial charge in [0, 0.05) is 6.07 Å². The van der Waals surface area contributed by atoms with Gasteiger partial charge in [-0.1, -0.05) is 18.2 Å². The largest absolute Gasteiger partial charge is 0.298 e. The number of nitrogens with zero attached hydrogens (tertiary/aromatic N) is 1. The Morgan fingerprint density at radius 1 is 1.00 bits per heavy atom. The van der Waals surface area contributed by atoms with Gasteiger partial charge in [0.05, 0.1) is 10.5 Å². The zero-order valence-corrected chi connectivity index (χ0v) is 10.7. The molecule has 0 fully saturated rings. The number of rotatable bonds is 3. The quantitative estimate of drug-likeness (QED) is 0.477. The van der Waals surface area contributed by atoms with Crippen molar-refractivity contribution in [2.75, 3.05) is 0 Å². The van der Waals surface area contributed by atoms with Crippen LogP contribution in [0, 0.1) is 24.0 Å². The highest BCUT2D eigenvalue weighted by atomic mass is 16.6. The molecule has 0 saturated heterocycles. The van der Waals surface area contributed by atoms with Crippen molar-refractivity contribution >= 4 is 12.0 Å². The third-order valence-electron chi connectivity index (χ3n) is 3.19. The van der Waals surface area contributed by atoms with Gasteiger partial charge in [0.1, 0.15) is 0 Å². The Labute approximate surface area is 110 Å². The minimum absolute atomic E-state index is 0.0979. The molecule has 2 aromatic rings. The summed E-state index contributed by atoms with van der Waals surface area (Å²) in [4.78, 5) is 21.2. The molecular formula is C15H13NO3. The van der Waals surface area contributed by atoms with E-state index >= 15 is 0 Å². The summed E-state index contributed by atoms with van der Waals surface area (Å²) in [6.07, 6.45) is 0.517. The minimum Gasteiger partial charge on any atom is -0.298 e. The Bertz CT molecular complexity index is 662. The highest BCUT2D eigenvalue weighted by Gasteiger charge is 2.14. The van der Waals surface area contributed by atoms with Gasteiger partial charge in [0.2, 0.25) is 0 Å². The van der Waals surface area contributed by atoms with Crippen molar-refractivity contribution in [1.29, 1.82) is 0 Å². The molecule has 0 N–H and O–H groups in total. The molecule has 0 atom stereocenters. The van der Waals surface area contributed by atoms with E-state index in [1.807, 2.05) is 32.0 Å². The summed E-state index contributed by atoms with van der Waals surface area (Å²) in [5.74, 6) is 0. The molecule has 0 aliphatic carbocycles. The maximum Gasteiger partial charge on any atom is 0.279 e. The standard InChI is InChI=1S/C15H13NO3/c1-10-3-4-12(7-11(10)2)13-5-6-15(16(18)19)14(8-13)9-17/h3-9H,1-2H3. The van der Waals surface area contributed by atoms with Crippen molar-refractivity contribution in [2.24, 2.45) is 0 Å². The van der Waals surface area contributed by atoms with Crippen molar-refractivity contribution in [3.8, 4) is 11.1 Å². The summed E-state index contributed by atoms with van der Waals surface area (Å²) in [6, 6.07) is 10.5. The van der Waals surface area contributed by atoms with Crippen LogP contribution in [0.1, 0.15) is 21.5 Å². The Hall–Kier alpha value is -2.49. The molecule has 2 rings (SSSR count). The average Bonchev–Trinajstić information content (AvgIpc) is 2.41. The lowest BCUT2D eigenvalue weighted by Crippen LogP contribution is -1.95. The summed E-state index contributed by atoms with van der Waals surface area (Å²) in [5, 5.41) is 10.8. The van der Waals surface area contributed by atoms with Gasteiger partial charge in [0.25, 0.3) is 5.69 Å². The third kappa shape index (κ3) is 2.52. The lowest BCUT2D eigenvalue weighted by molar-refractivity contribution is -0.385. The van der Waals surface area contributed by atoms with Crippen molar-refractivity contribution in [3.63, 3.8) is 0 Å². The van der Waals surface area contributed by atoms with Crippen molar-refractivity contribution in [2.45, 2.75) is 13.8 Å². The van der Waals surface area contributed by atoms with Gasteiger partial charge in [-0.15, -0.1) is 0 Å². The second kappa shape index (κ2) is 5.02. The molecule has 4 nitrogen and oxygen atoms in total. The predicted octanol–water partition coefficient (Wildman–Crippen LogP) is 3.69. The summed E-state index contributed by atoms with van der Waals surface area (Å²) in [5.41, 5.74) is 4.00. The fraction of sp³-hybridized carbons (Fsp3) is 0.133. The van der Waals surface area contributed by atoms with Crippen LogP contribution in [0.5, 0.6) is 0 Å². The van der Waals surface area contributed by atoms with E-state index in [1.165, 1.54) is 11.6 Å². The normalized spacial score (nSPS) is 10.2. The van der Waals surface area contributed by atoms with Crippen molar-refractivity contribution in [1.82, 2.24) is 0 Å². The number of hydrogen-bond acceptors (Lipinski definition) is 3. The second-order valence-electron chi connectivity index (χ2n) is 4.45. The molecule has 96 valence electrons. The van der Waals surface area contributed by atoms with Crippen LogP contribution < -0.4 is 0 Å². The van der Waals surface area contributed by atoms with Crippen molar-refractivity contribution in [3.05, 3.63) is 63.2 Å². The average molecular weight is 255 g/mol. The van der Waals surface area contributed by atoms with E-state index in [0.717, 1.165) is 16.7 Å². The lowest BCUT2D eigenvalue weighted by atomic mass is 9.99. The van der Waals surface area contributed by atoms with Gasteiger partial charge in [-0.05, 0) is 48.2 Å². The highest BCUT2D eigenvalue weighted by Crippen LogP contribution is 2.27. The fourth-order valence-electron chi connectivity index (χ4n) is 1.92. The Morgan fingerprint density at radius 3 is 2.21 bits per heavy atom. The monoisotopic (exact) mass is 255 g/mol. The molecule has 2 aromatic carbocycles. The Morgan fingerprint density at radius 2 is 1.63 bits per heavy atom. The molecule has 0 aliphatic heterocycles. The molecule has 0 radical (unpaired) electrons. The summed E-state index contributed by atoms with van der Waals surface area (Å²) in [6.45, 7) is 4.02. The van der Waals surface area contributed by atoms with Crippen LogP contribution in [0.3, 0.4) is 0 Å². The SMILES string of the molecule is Cc1ccc(-c2ccc([N+](=O)[O-])c(C=O)c2)cc1C. The van der Waals surface area contributed by atoms with Gasteiger partial charge in [-0.3, -0.25) is 14.9 Å². The number of aryl methyl sites for hydroxylation is 2. The Balaban J connectivity index is 2.54. The highest BCUT2D eigenvalue weighted by molar-refractivity contribution is 5.84. The van der Waals surface area contributed by atoms with E-state index in [0.29, 0.717) is 6.29 Å². The number of aldehydes is 1. The van der Waals surface area contributed by atoms with Gasteiger partial charge in [-0.2, -0.15) is 0 Å². The third-order valence-corrected chi connectivity index (χ3v) is 3.19. The molecule has 0 unspecified atom stereocenters. The molecular weight excluding hydrogens is 242 g/mol. The maximum absolute atomic E-state index is 10.9. The summed E-state index contributed by atoms with van der Waals surface area (Å²) >= 11 is 0. The van der Waals surface area contributed by atoms with Crippen LogP contribution in [0.2, 0.25) is 0 Å². The van der Waals surface area contributed by atoms with Gasteiger partial charge < -0.3 is 0 Å². The summed E-state index contributed by atoms with van der Waals surface area (Å²) in [7, 11) is 0. The number of carbonyl (C=O) groups excluding carboxylic acids is 1. The first kappa shape index (κ1) is 13.0. The first-order chi connectivity index (χ1) is 9.02. The Kier molecular flexibility index (Phi) is 3.42. The molecule has 0 amide bonds. The van der Waals surface area contributed by atoms with E-state index in [1.54, 1.807) is 12.1 Å². The van der Waals surface area contributed by atoms with E-state index in [-0.39, 0.29) is 11.3 Å². The molecule has 0 aliphatic rings. The van der Waals surface area contributed by atoms with Crippen LogP contribution in [0.25, 0.3) is 11.1 Å². The van der Waals surface area contributed by atoms with Crippen molar-refractivity contribution < 1.29 is 9.72 Å². The van der Waals surface area contributed by atoms with E-state index in [2.05, 4.69) is 0 Å².